The molecule has 0 saturated heterocycles. The van der Waals surface area contributed by atoms with Crippen LogP contribution in [0.15, 0.2) is 24.0 Å². The molecule has 11 heavy (non-hydrogen) atoms. The number of allylic oxidation sites excluding steroid dienone is 1. The van der Waals surface area contributed by atoms with Crippen molar-refractivity contribution in [2.24, 2.45) is 0 Å². The summed E-state index contributed by atoms with van der Waals surface area (Å²) in [6.07, 6.45) is 2.02. The second kappa shape index (κ2) is 2.96. The van der Waals surface area contributed by atoms with Crippen molar-refractivity contribution >= 4 is 0 Å². The first-order valence-corrected chi connectivity index (χ1v) is 3.79. The van der Waals surface area contributed by atoms with Crippen LogP contribution < -0.4 is 11.0 Å². The van der Waals surface area contributed by atoms with Crippen LogP contribution in [-0.4, -0.2) is 11.1 Å². The van der Waals surface area contributed by atoms with Gasteiger partial charge in [0.2, 0.25) is 0 Å². The van der Waals surface area contributed by atoms with E-state index < -0.39 is 0 Å². The number of nitrogens with zero attached hydrogens (tertiary/aromatic N) is 1. The summed E-state index contributed by atoms with van der Waals surface area (Å²) in [5.41, 5.74) is 8.14. The first-order valence-electron chi connectivity index (χ1n) is 3.79. The molecule has 0 bridgehead atoms. The van der Waals surface area contributed by atoms with Crippen LogP contribution in [0.4, 0.5) is 0 Å². The lowest BCUT2D eigenvalue weighted by molar-refractivity contribution is 0.221. The van der Waals surface area contributed by atoms with Gasteiger partial charge in [0.05, 0.1) is 5.70 Å². The minimum atomic E-state index is 0.458. The Bertz CT molecular complexity index is 194. The normalized spacial score (nSPS) is 16.7. The van der Waals surface area contributed by atoms with Gasteiger partial charge in [-0.2, -0.15) is 0 Å². The number of hydrogen-bond acceptors (Lipinski definition) is 3. The highest BCUT2D eigenvalue weighted by atomic mass is 15.7. The van der Waals surface area contributed by atoms with Crippen molar-refractivity contribution in [3.63, 3.8) is 0 Å². The molecule has 0 fully saturated rings. The van der Waals surface area contributed by atoms with Crippen LogP contribution >= 0.6 is 0 Å². The Hall–Kier alpha value is -0.960. The van der Waals surface area contributed by atoms with Gasteiger partial charge >= 0.3 is 0 Å². The first-order chi connectivity index (χ1) is 5.11. The van der Waals surface area contributed by atoms with E-state index in [9.17, 15) is 0 Å². The third-order valence-corrected chi connectivity index (χ3v) is 1.60. The molecule has 3 heteroatoms. The molecule has 3 nitrogen and oxygen atoms in total. The molecule has 0 aromatic heterocycles. The summed E-state index contributed by atoms with van der Waals surface area (Å²) in [4.78, 5) is 0. The standard InChI is InChI=1S/C8H15N3/c1-6(2)8-5-11(7(3)4)10-9-8/h5,7,9-10H,1H2,2-4H3. The smallest absolute Gasteiger partial charge is 0.0702 e. The Balaban J connectivity index is 2.61. The molecule has 1 heterocycles. The van der Waals surface area contributed by atoms with Crippen LogP contribution in [-0.2, 0) is 0 Å². The Morgan fingerprint density at radius 2 is 2.27 bits per heavy atom. The van der Waals surface area contributed by atoms with E-state index in [0.717, 1.165) is 11.3 Å². The third-order valence-electron chi connectivity index (χ3n) is 1.60. The lowest BCUT2D eigenvalue weighted by atomic mass is 10.3. The topological polar surface area (TPSA) is 27.3 Å². The van der Waals surface area contributed by atoms with Gasteiger partial charge in [0.1, 0.15) is 0 Å². The highest BCUT2D eigenvalue weighted by Crippen LogP contribution is 2.09. The molecule has 2 N–H and O–H groups in total. The molecule has 0 amide bonds. The maximum atomic E-state index is 3.83. The van der Waals surface area contributed by atoms with E-state index in [1.165, 1.54) is 0 Å². The van der Waals surface area contributed by atoms with Crippen molar-refractivity contribution in [3.8, 4) is 0 Å². The quantitative estimate of drug-likeness (QED) is 0.623. The van der Waals surface area contributed by atoms with Crippen LogP contribution in [0.5, 0.6) is 0 Å². The van der Waals surface area contributed by atoms with E-state index in [1.54, 1.807) is 0 Å². The predicted molar refractivity (Wildman–Crippen MR) is 46.1 cm³/mol. The van der Waals surface area contributed by atoms with Crippen molar-refractivity contribution in [1.29, 1.82) is 0 Å². The second-order valence-electron chi connectivity index (χ2n) is 3.06. The zero-order valence-corrected chi connectivity index (χ0v) is 7.31. The molecule has 0 unspecified atom stereocenters. The van der Waals surface area contributed by atoms with Crippen LogP contribution in [0.2, 0.25) is 0 Å². The minimum Gasteiger partial charge on any atom is -0.302 e. The summed E-state index contributed by atoms with van der Waals surface area (Å²) < 4.78 is 0. The van der Waals surface area contributed by atoms with Gasteiger partial charge in [0, 0.05) is 12.2 Å². The Labute approximate surface area is 67.7 Å². The molecule has 0 spiro atoms. The van der Waals surface area contributed by atoms with Gasteiger partial charge in [-0.3, -0.25) is 5.01 Å². The maximum absolute atomic E-state index is 3.83. The van der Waals surface area contributed by atoms with E-state index in [4.69, 9.17) is 0 Å². The highest BCUT2D eigenvalue weighted by molar-refractivity contribution is 5.25. The Morgan fingerprint density at radius 1 is 1.64 bits per heavy atom. The van der Waals surface area contributed by atoms with Gasteiger partial charge in [0.15, 0.2) is 0 Å². The van der Waals surface area contributed by atoms with Gasteiger partial charge in [0.25, 0.3) is 0 Å². The molecule has 0 radical (unpaired) electrons. The zero-order chi connectivity index (χ0) is 8.43. The first kappa shape index (κ1) is 8.14. The molecule has 0 saturated carbocycles. The molecular weight excluding hydrogens is 138 g/mol. The van der Waals surface area contributed by atoms with Crippen molar-refractivity contribution in [2.75, 3.05) is 0 Å². The summed E-state index contributed by atoms with van der Waals surface area (Å²) in [5, 5.41) is 2.00. The molecule has 0 atom stereocenters. The Morgan fingerprint density at radius 3 is 2.55 bits per heavy atom. The van der Waals surface area contributed by atoms with E-state index in [1.807, 2.05) is 18.1 Å². The number of nitrogens with one attached hydrogen (secondary N) is 2. The van der Waals surface area contributed by atoms with Crippen molar-refractivity contribution in [1.82, 2.24) is 16.0 Å². The van der Waals surface area contributed by atoms with Crippen molar-refractivity contribution < 1.29 is 0 Å². The molecule has 1 aliphatic rings. The second-order valence-corrected chi connectivity index (χ2v) is 3.06. The van der Waals surface area contributed by atoms with Crippen LogP contribution in [0.3, 0.4) is 0 Å². The zero-order valence-electron chi connectivity index (χ0n) is 7.31. The average Bonchev–Trinajstić information content (AvgIpc) is 2.33. The van der Waals surface area contributed by atoms with E-state index in [2.05, 4.69) is 31.4 Å². The van der Waals surface area contributed by atoms with Gasteiger partial charge in [-0.15, -0.1) is 5.53 Å². The van der Waals surface area contributed by atoms with Gasteiger partial charge in [-0.25, -0.2) is 0 Å². The number of hydrazine groups is 2. The average molecular weight is 153 g/mol. The third kappa shape index (κ3) is 1.74. The minimum absolute atomic E-state index is 0.458. The largest absolute Gasteiger partial charge is 0.302 e. The van der Waals surface area contributed by atoms with E-state index in [-0.39, 0.29) is 0 Å². The summed E-state index contributed by atoms with van der Waals surface area (Å²) in [6.45, 7) is 10.0. The van der Waals surface area contributed by atoms with Gasteiger partial charge < -0.3 is 5.43 Å². The monoisotopic (exact) mass is 153 g/mol. The fourth-order valence-corrected chi connectivity index (χ4v) is 0.823. The lowest BCUT2D eigenvalue weighted by Crippen LogP contribution is -2.40. The number of rotatable bonds is 2. The van der Waals surface area contributed by atoms with Crippen LogP contribution in [0.25, 0.3) is 0 Å². The summed E-state index contributed by atoms with van der Waals surface area (Å²) in [6, 6.07) is 0.458. The SMILES string of the molecule is C=C(C)C1=CN(C(C)C)NN1. The van der Waals surface area contributed by atoms with E-state index in [0.29, 0.717) is 6.04 Å². The van der Waals surface area contributed by atoms with Crippen molar-refractivity contribution in [2.45, 2.75) is 26.8 Å². The molecule has 1 aliphatic heterocycles. The van der Waals surface area contributed by atoms with Gasteiger partial charge in [-0.05, 0) is 26.3 Å². The fourth-order valence-electron chi connectivity index (χ4n) is 0.823. The molecule has 1 rings (SSSR count). The summed E-state index contributed by atoms with van der Waals surface area (Å²) in [5.74, 6) is 0. The summed E-state index contributed by atoms with van der Waals surface area (Å²) in [7, 11) is 0. The molecule has 0 aromatic carbocycles. The predicted octanol–water partition coefficient (Wildman–Crippen LogP) is 1.14. The molecule has 62 valence electrons. The number of hydrogen-bond donors (Lipinski definition) is 2. The van der Waals surface area contributed by atoms with E-state index >= 15 is 0 Å². The highest BCUT2D eigenvalue weighted by Gasteiger charge is 2.12. The van der Waals surface area contributed by atoms with Crippen molar-refractivity contribution in [3.05, 3.63) is 24.0 Å². The summed E-state index contributed by atoms with van der Waals surface area (Å²) >= 11 is 0. The fraction of sp³-hybridized carbons (Fsp3) is 0.500. The van der Waals surface area contributed by atoms with Crippen LogP contribution in [0, 0.1) is 0 Å². The van der Waals surface area contributed by atoms with Gasteiger partial charge in [-0.1, -0.05) is 6.58 Å². The van der Waals surface area contributed by atoms with Crippen LogP contribution in [0.1, 0.15) is 20.8 Å². The molecular formula is C8H15N3. The molecule has 0 aliphatic carbocycles. The maximum Gasteiger partial charge on any atom is 0.0702 e. The molecule has 0 aromatic rings. The Kier molecular flexibility index (Phi) is 2.19. The lowest BCUT2D eigenvalue weighted by Gasteiger charge is -2.18.